The molecule has 1 amide bonds. The Labute approximate surface area is 130 Å². The van der Waals surface area contributed by atoms with Gasteiger partial charge in [-0.25, -0.2) is 13.6 Å². The van der Waals surface area contributed by atoms with Gasteiger partial charge in [0.05, 0.1) is 17.6 Å². The predicted octanol–water partition coefficient (Wildman–Crippen LogP) is 3.73. The van der Waals surface area contributed by atoms with Crippen LogP contribution in [0.5, 0.6) is 5.75 Å². The molecular formula is C14H16BrF2NO3. The van der Waals surface area contributed by atoms with Gasteiger partial charge in [-0.3, -0.25) is 0 Å². The van der Waals surface area contributed by atoms with Crippen molar-refractivity contribution in [1.29, 1.82) is 0 Å². The van der Waals surface area contributed by atoms with Crippen LogP contribution >= 0.6 is 15.9 Å². The molecule has 0 aliphatic carbocycles. The second-order valence-corrected chi connectivity index (χ2v) is 6.62. The summed E-state index contributed by atoms with van der Waals surface area (Å²) in [7, 11) is 0. The minimum atomic E-state index is -0.728. The molecule has 0 N–H and O–H groups in total. The van der Waals surface area contributed by atoms with E-state index >= 15 is 0 Å². The van der Waals surface area contributed by atoms with Crippen LogP contribution in [0.15, 0.2) is 16.6 Å². The molecular weight excluding hydrogens is 348 g/mol. The van der Waals surface area contributed by atoms with Crippen molar-refractivity contribution in [2.75, 3.05) is 13.1 Å². The Hall–Kier alpha value is -1.37. The molecule has 0 radical (unpaired) electrons. The minimum absolute atomic E-state index is 0.0991. The summed E-state index contributed by atoms with van der Waals surface area (Å²) in [6, 6.07) is 2.20. The van der Waals surface area contributed by atoms with E-state index in [4.69, 9.17) is 9.47 Å². The molecule has 1 heterocycles. The van der Waals surface area contributed by atoms with Gasteiger partial charge in [-0.2, -0.15) is 0 Å². The first-order valence-electron chi connectivity index (χ1n) is 6.45. The van der Waals surface area contributed by atoms with Gasteiger partial charge < -0.3 is 14.4 Å². The first-order chi connectivity index (χ1) is 9.65. The molecule has 7 heteroatoms. The Balaban J connectivity index is 1.87. The van der Waals surface area contributed by atoms with E-state index < -0.39 is 23.3 Å². The normalized spacial score (nSPS) is 15.6. The van der Waals surface area contributed by atoms with Gasteiger partial charge in [0.2, 0.25) is 0 Å². The highest BCUT2D eigenvalue weighted by molar-refractivity contribution is 9.10. The molecule has 1 aliphatic rings. The number of rotatable bonds is 2. The number of hydrogen-bond acceptors (Lipinski definition) is 3. The molecule has 1 saturated heterocycles. The molecule has 0 bridgehead atoms. The Kier molecular flexibility index (Phi) is 4.41. The first kappa shape index (κ1) is 16.0. The number of halogens is 3. The van der Waals surface area contributed by atoms with Crippen LogP contribution in [0, 0.1) is 11.6 Å². The number of carbonyl (C=O) groups is 1. The van der Waals surface area contributed by atoms with Gasteiger partial charge in [-0.15, -0.1) is 0 Å². The van der Waals surface area contributed by atoms with Crippen LogP contribution in [0.2, 0.25) is 0 Å². The molecule has 1 aromatic carbocycles. The largest absolute Gasteiger partial charge is 0.487 e. The van der Waals surface area contributed by atoms with Crippen LogP contribution < -0.4 is 4.74 Å². The van der Waals surface area contributed by atoms with E-state index in [1.807, 2.05) is 0 Å². The number of amides is 1. The zero-order valence-corrected chi connectivity index (χ0v) is 13.5. The van der Waals surface area contributed by atoms with Gasteiger partial charge in [0, 0.05) is 12.1 Å². The number of ether oxygens (including phenoxy) is 2. The molecule has 0 aromatic heterocycles. The van der Waals surface area contributed by atoms with Crippen LogP contribution in [0.1, 0.15) is 20.8 Å². The molecule has 21 heavy (non-hydrogen) atoms. The maximum Gasteiger partial charge on any atom is 0.410 e. The lowest BCUT2D eigenvalue weighted by Gasteiger charge is -2.39. The van der Waals surface area contributed by atoms with E-state index in [-0.39, 0.29) is 16.3 Å². The quantitative estimate of drug-likeness (QED) is 0.751. The van der Waals surface area contributed by atoms with Crippen LogP contribution in [-0.2, 0) is 4.74 Å². The Bertz CT molecular complexity index is 531. The number of likely N-dealkylation sites (tertiary alicyclic amines) is 1. The Morgan fingerprint density at radius 1 is 1.29 bits per heavy atom. The molecule has 1 fully saturated rings. The highest BCUT2D eigenvalue weighted by atomic mass is 79.9. The van der Waals surface area contributed by atoms with Crippen molar-refractivity contribution in [3.05, 3.63) is 28.2 Å². The fourth-order valence-corrected chi connectivity index (χ4v) is 2.01. The average Bonchev–Trinajstić information content (AvgIpc) is 2.27. The minimum Gasteiger partial charge on any atom is -0.487 e. The lowest BCUT2D eigenvalue weighted by Crippen LogP contribution is -2.57. The lowest BCUT2D eigenvalue weighted by molar-refractivity contribution is -0.0222. The first-order valence-corrected chi connectivity index (χ1v) is 7.24. The summed E-state index contributed by atoms with van der Waals surface area (Å²) >= 11 is 2.79. The van der Waals surface area contributed by atoms with Gasteiger partial charge in [0.15, 0.2) is 0 Å². The molecule has 4 nitrogen and oxygen atoms in total. The number of nitrogens with zero attached hydrogens (tertiary/aromatic N) is 1. The SMILES string of the molecule is CC(C)(C)OC(=O)N1CC(Oc2cc(F)c(Br)c(F)c2)C1. The molecule has 1 aliphatic heterocycles. The highest BCUT2D eigenvalue weighted by Gasteiger charge is 2.35. The van der Waals surface area contributed by atoms with Crippen LogP contribution in [-0.4, -0.2) is 35.8 Å². The van der Waals surface area contributed by atoms with E-state index in [9.17, 15) is 13.6 Å². The van der Waals surface area contributed by atoms with Gasteiger partial charge in [0.1, 0.15) is 29.1 Å². The maximum atomic E-state index is 13.4. The molecule has 0 spiro atoms. The fourth-order valence-electron chi connectivity index (χ4n) is 1.78. The van der Waals surface area contributed by atoms with E-state index in [0.29, 0.717) is 13.1 Å². The molecule has 0 atom stereocenters. The van der Waals surface area contributed by atoms with Crippen molar-refractivity contribution >= 4 is 22.0 Å². The smallest absolute Gasteiger partial charge is 0.410 e. The fraction of sp³-hybridized carbons (Fsp3) is 0.500. The summed E-state index contributed by atoms with van der Waals surface area (Å²) in [6.45, 7) is 6.01. The molecule has 1 aromatic rings. The summed E-state index contributed by atoms with van der Waals surface area (Å²) in [5, 5.41) is 0. The van der Waals surface area contributed by atoms with Crippen LogP contribution in [0.25, 0.3) is 0 Å². The van der Waals surface area contributed by atoms with Crippen molar-refractivity contribution in [2.24, 2.45) is 0 Å². The summed E-state index contributed by atoms with van der Waals surface area (Å²) < 4.78 is 37.1. The number of carbonyl (C=O) groups excluding carboxylic acids is 1. The van der Waals surface area contributed by atoms with Crippen LogP contribution in [0.4, 0.5) is 13.6 Å². The van der Waals surface area contributed by atoms with Crippen molar-refractivity contribution in [1.82, 2.24) is 4.90 Å². The topological polar surface area (TPSA) is 38.8 Å². The molecule has 116 valence electrons. The number of hydrogen-bond donors (Lipinski definition) is 0. The average molecular weight is 364 g/mol. The zero-order valence-electron chi connectivity index (χ0n) is 12.0. The number of benzene rings is 1. The predicted molar refractivity (Wildman–Crippen MR) is 76.3 cm³/mol. The van der Waals surface area contributed by atoms with E-state index in [2.05, 4.69) is 15.9 Å². The Morgan fingerprint density at radius 3 is 2.29 bits per heavy atom. The van der Waals surface area contributed by atoms with E-state index in [1.54, 1.807) is 20.8 Å². The van der Waals surface area contributed by atoms with Crippen LogP contribution in [0.3, 0.4) is 0 Å². The van der Waals surface area contributed by atoms with Crippen molar-refractivity contribution < 1.29 is 23.0 Å². The van der Waals surface area contributed by atoms with Gasteiger partial charge >= 0.3 is 6.09 Å². The maximum absolute atomic E-state index is 13.4. The van der Waals surface area contributed by atoms with Gasteiger partial charge in [0.25, 0.3) is 0 Å². The third kappa shape index (κ3) is 4.06. The van der Waals surface area contributed by atoms with E-state index in [0.717, 1.165) is 12.1 Å². The van der Waals surface area contributed by atoms with Crippen molar-refractivity contribution in [2.45, 2.75) is 32.5 Å². The molecule has 0 saturated carbocycles. The van der Waals surface area contributed by atoms with Crippen molar-refractivity contribution in [3.8, 4) is 5.75 Å². The van der Waals surface area contributed by atoms with E-state index in [1.165, 1.54) is 4.90 Å². The highest BCUT2D eigenvalue weighted by Crippen LogP contribution is 2.27. The second kappa shape index (κ2) is 5.79. The van der Waals surface area contributed by atoms with Crippen molar-refractivity contribution in [3.63, 3.8) is 0 Å². The molecule has 0 unspecified atom stereocenters. The Morgan fingerprint density at radius 2 is 1.81 bits per heavy atom. The summed E-state index contributed by atoms with van der Waals surface area (Å²) in [6.07, 6.45) is -0.715. The third-order valence-corrected chi connectivity index (χ3v) is 3.52. The van der Waals surface area contributed by atoms with Gasteiger partial charge in [-0.1, -0.05) is 0 Å². The molecule has 2 rings (SSSR count). The lowest BCUT2D eigenvalue weighted by atomic mass is 10.1. The standard InChI is InChI=1S/C14H16BrF2NO3/c1-14(2,3)21-13(19)18-6-9(7-18)20-8-4-10(16)12(15)11(17)5-8/h4-5,9H,6-7H2,1-3H3. The monoisotopic (exact) mass is 363 g/mol. The third-order valence-electron chi connectivity index (χ3n) is 2.76. The zero-order chi connectivity index (χ0) is 15.8. The summed E-state index contributed by atoms with van der Waals surface area (Å²) in [5.74, 6) is -1.36. The second-order valence-electron chi connectivity index (χ2n) is 5.83. The summed E-state index contributed by atoms with van der Waals surface area (Å²) in [4.78, 5) is 13.2. The summed E-state index contributed by atoms with van der Waals surface area (Å²) in [5.41, 5.74) is -0.555. The van der Waals surface area contributed by atoms with Gasteiger partial charge in [-0.05, 0) is 36.7 Å².